The zero-order valence-electron chi connectivity index (χ0n) is 15.6. The zero-order valence-corrected chi connectivity index (χ0v) is 17.1. The molecule has 152 valence electrons. The summed E-state index contributed by atoms with van der Waals surface area (Å²) >= 11 is 12.5. The number of piperidine rings is 1. The van der Waals surface area contributed by atoms with E-state index in [2.05, 4.69) is 4.90 Å². The lowest BCUT2D eigenvalue weighted by Crippen LogP contribution is -2.49. The van der Waals surface area contributed by atoms with Gasteiger partial charge < -0.3 is 15.5 Å². The number of fused-ring (bicyclic) bond motifs is 1. The highest BCUT2D eigenvalue weighted by Crippen LogP contribution is 2.40. The predicted octanol–water partition coefficient (Wildman–Crippen LogP) is 3.46. The third-order valence-corrected chi connectivity index (χ3v) is 7.16. The fourth-order valence-corrected chi connectivity index (χ4v) is 5.32. The summed E-state index contributed by atoms with van der Waals surface area (Å²) in [4.78, 5) is 28.9. The van der Waals surface area contributed by atoms with Crippen LogP contribution in [0.4, 0.5) is 4.39 Å². The molecule has 1 aromatic carbocycles. The molecule has 0 bridgehead atoms. The number of rotatable bonds is 3. The molecule has 1 saturated carbocycles. The summed E-state index contributed by atoms with van der Waals surface area (Å²) in [7, 11) is 0. The third-order valence-electron chi connectivity index (χ3n) is 6.41. The Balaban J connectivity index is 1.41. The molecule has 4 rings (SSSR count). The Labute approximate surface area is 173 Å². The van der Waals surface area contributed by atoms with E-state index in [1.54, 1.807) is 4.90 Å². The Morgan fingerprint density at radius 3 is 2.36 bits per heavy atom. The van der Waals surface area contributed by atoms with E-state index in [0.29, 0.717) is 18.2 Å². The quantitative estimate of drug-likeness (QED) is 0.750. The van der Waals surface area contributed by atoms with Crippen LogP contribution >= 0.6 is 23.2 Å². The lowest BCUT2D eigenvalue weighted by molar-refractivity contribution is 0.0502. The molecule has 28 heavy (non-hydrogen) atoms. The number of amides is 2. The van der Waals surface area contributed by atoms with E-state index in [0.717, 1.165) is 57.7 Å². The molecular formula is C20H24Cl2FN3O2. The number of nitrogens with two attached hydrogens (primary N) is 1. The van der Waals surface area contributed by atoms with Crippen LogP contribution in [0, 0.1) is 5.82 Å². The minimum absolute atomic E-state index is 0.0206. The predicted molar refractivity (Wildman–Crippen MR) is 106 cm³/mol. The molecule has 2 fully saturated rings. The highest BCUT2D eigenvalue weighted by Gasteiger charge is 2.39. The molecule has 0 atom stereocenters. The fraction of sp³-hybridized carbons (Fsp3) is 0.600. The molecule has 0 aromatic heterocycles. The number of benzene rings is 1. The molecule has 5 nitrogen and oxygen atoms in total. The maximum absolute atomic E-state index is 13.8. The molecular weight excluding hydrogens is 404 g/mol. The second-order valence-corrected chi connectivity index (χ2v) is 9.78. The van der Waals surface area contributed by atoms with Crippen LogP contribution in [0.2, 0.25) is 0 Å². The molecule has 2 aliphatic heterocycles. The van der Waals surface area contributed by atoms with E-state index in [-0.39, 0.29) is 23.1 Å². The first kappa shape index (κ1) is 19.9. The Bertz CT molecular complexity index is 799. The highest BCUT2D eigenvalue weighted by atomic mass is 35.5. The molecule has 0 unspecified atom stereocenters. The highest BCUT2D eigenvalue weighted by molar-refractivity contribution is 6.48. The van der Waals surface area contributed by atoms with Crippen molar-refractivity contribution in [2.24, 2.45) is 5.73 Å². The molecule has 0 radical (unpaired) electrons. The summed E-state index contributed by atoms with van der Waals surface area (Å²) in [6, 6.07) is 2.97. The Kier molecular flexibility index (Phi) is 5.31. The first-order chi connectivity index (χ1) is 13.2. The van der Waals surface area contributed by atoms with Crippen molar-refractivity contribution in [3.8, 4) is 0 Å². The summed E-state index contributed by atoms with van der Waals surface area (Å²) < 4.78 is 13.2. The van der Waals surface area contributed by atoms with Crippen molar-refractivity contribution in [2.75, 3.05) is 13.1 Å². The van der Waals surface area contributed by atoms with Crippen LogP contribution < -0.4 is 5.73 Å². The maximum Gasteiger partial charge on any atom is 0.255 e. The number of carbonyl (C=O) groups is 2. The summed E-state index contributed by atoms with van der Waals surface area (Å²) in [5.41, 5.74) is 6.16. The van der Waals surface area contributed by atoms with E-state index in [1.165, 1.54) is 6.07 Å². The van der Waals surface area contributed by atoms with Crippen molar-refractivity contribution in [3.05, 3.63) is 34.6 Å². The third kappa shape index (κ3) is 3.74. The van der Waals surface area contributed by atoms with Crippen LogP contribution in [0.3, 0.4) is 0 Å². The van der Waals surface area contributed by atoms with Gasteiger partial charge in [-0.1, -0.05) is 0 Å². The van der Waals surface area contributed by atoms with Gasteiger partial charge in [0.05, 0.1) is 11.1 Å². The minimum atomic E-state index is -0.771. The molecule has 1 aromatic rings. The second kappa shape index (κ2) is 7.47. The maximum atomic E-state index is 13.8. The van der Waals surface area contributed by atoms with E-state index in [9.17, 15) is 14.0 Å². The summed E-state index contributed by atoms with van der Waals surface area (Å²) in [5, 5.41) is 0. The van der Waals surface area contributed by atoms with Crippen molar-refractivity contribution in [2.45, 2.75) is 61.5 Å². The van der Waals surface area contributed by atoms with Gasteiger partial charge in [0.25, 0.3) is 5.91 Å². The Morgan fingerprint density at radius 2 is 1.75 bits per heavy atom. The number of alkyl halides is 2. The van der Waals surface area contributed by atoms with Gasteiger partial charge in [0.2, 0.25) is 5.91 Å². The number of nitrogens with zero attached hydrogens (tertiary/aromatic N) is 2. The molecule has 8 heteroatoms. The van der Waals surface area contributed by atoms with E-state index in [1.807, 2.05) is 0 Å². The van der Waals surface area contributed by atoms with Crippen molar-refractivity contribution in [1.29, 1.82) is 0 Å². The van der Waals surface area contributed by atoms with Crippen LogP contribution in [-0.4, -0.2) is 51.1 Å². The summed E-state index contributed by atoms with van der Waals surface area (Å²) in [6.07, 6.45) is 5.32. The molecule has 2 heterocycles. The van der Waals surface area contributed by atoms with Crippen LogP contribution in [0.1, 0.15) is 64.8 Å². The van der Waals surface area contributed by atoms with Crippen LogP contribution in [0.15, 0.2) is 12.1 Å². The van der Waals surface area contributed by atoms with E-state index >= 15 is 0 Å². The van der Waals surface area contributed by atoms with Crippen molar-refractivity contribution < 1.29 is 14.0 Å². The molecule has 1 aliphatic carbocycles. The van der Waals surface area contributed by atoms with Gasteiger partial charge in [0.1, 0.15) is 10.2 Å². The Morgan fingerprint density at radius 1 is 1.11 bits per heavy atom. The van der Waals surface area contributed by atoms with Gasteiger partial charge in [0, 0.05) is 31.7 Å². The number of hydrogen-bond acceptors (Lipinski definition) is 3. The zero-order chi connectivity index (χ0) is 20.1. The monoisotopic (exact) mass is 427 g/mol. The Hall–Kier alpha value is -1.37. The minimum Gasteiger partial charge on any atom is -0.366 e. The number of primary amides is 1. The average Bonchev–Trinajstić information content (AvgIpc) is 2.97. The van der Waals surface area contributed by atoms with Gasteiger partial charge >= 0.3 is 0 Å². The van der Waals surface area contributed by atoms with Gasteiger partial charge in [-0.15, -0.1) is 23.2 Å². The number of hydrogen-bond donors (Lipinski definition) is 1. The first-order valence-electron chi connectivity index (χ1n) is 9.80. The number of carbonyl (C=O) groups excluding carboxylic acids is 2. The van der Waals surface area contributed by atoms with E-state index < -0.39 is 16.1 Å². The summed E-state index contributed by atoms with van der Waals surface area (Å²) in [6.45, 7) is 2.15. The number of halogens is 3. The topological polar surface area (TPSA) is 66.6 Å². The van der Waals surface area contributed by atoms with E-state index in [4.69, 9.17) is 28.9 Å². The van der Waals surface area contributed by atoms with Gasteiger partial charge in [0.15, 0.2) is 0 Å². The molecule has 3 aliphatic rings. The molecule has 1 saturated heterocycles. The fourth-order valence-electron chi connectivity index (χ4n) is 4.88. The van der Waals surface area contributed by atoms with Crippen molar-refractivity contribution in [3.63, 3.8) is 0 Å². The molecule has 0 spiro atoms. The smallest absolute Gasteiger partial charge is 0.255 e. The second-order valence-electron chi connectivity index (χ2n) is 8.14. The SMILES string of the molecule is NC(=O)c1cc(F)cc2c1C(=O)N(C1CCN(C3CCC(Cl)(Cl)CC3)CC1)C2. The van der Waals surface area contributed by atoms with Crippen molar-refractivity contribution >= 4 is 35.0 Å². The van der Waals surface area contributed by atoms with Gasteiger partial charge in [-0.05, 0) is 56.2 Å². The van der Waals surface area contributed by atoms with Gasteiger partial charge in [-0.2, -0.15) is 0 Å². The van der Waals surface area contributed by atoms with Crippen LogP contribution in [0.25, 0.3) is 0 Å². The normalized spacial score (nSPS) is 23.8. The number of likely N-dealkylation sites (tertiary alicyclic amines) is 1. The van der Waals surface area contributed by atoms with Gasteiger partial charge in [-0.3, -0.25) is 9.59 Å². The molecule has 2 N–H and O–H groups in total. The van der Waals surface area contributed by atoms with Crippen molar-refractivity contribution in [1.82, 2.24) is 9.80 Å². The van der Waals surface area contributed by atoms with Crippen LogP contribution in [-0.2, 0) is 6.54 Å². The first-order valence-corrected chi connectivity index (χ1v) is 10.6. The molecule has 2 amide bonds. The average molecular weight is 428 g/mol. The lowest BCUT2D eigenvalue weighted by atomic mass is 9.91. The van der Waals surface area contributed by atoms with Crippen LogP contribution in [0.5, 0.6) is 0 Å². The summed E-state index contributed by atoms with van der Waals surface area (Å²) in [5.74, 6) is -1.52. The largest absolute Gasteiger partial charge is 0.366 e. The lowest BCUT2D eigenvalue weighted by Gasteiger charge is -2.43. The standard InChI is InChI=1S/C20H24Cl2FN3O2/c21-20(22)5-1-14(2-6-20)25-7-3-15(4-8-25)26-11-12-9-13(23)10-16(18(24)27)17(12)19(26)28/h9-10,14-15H,1-8,11H2,(H2,24,27). The van der Waals surface area contributed by atoms with Gasteiger partial charge in [-0.25, -0.2) is 4.39 Å².